The van der Waals surface area contributed by atoms with Crippen LogP contribution in [0, 0.1) is 6.92 Å². The number of nitrogens with zero attached hydrogens (tertiary/aromatic N) is 2. The summed E-state index contributed by atoms with van der Waals surface area (Å²) in [5.41, 5.74) is 3.47. The topological polar surface area (TPSA) is 37.8 Å². The number of benzene rings is 1. The predicted octanol–water partition coefficient (Wildman–Crippen LogP) is 4.89. The third-order valence-electron chi connectivity index (χ3n) is 4.02. The molecule has 0 unspecified atom stereocenters. The molecule has 2 heterocycles. The lowest BCUT2D eigenvalue weighted by molar-refractivity contribution is 0.917. The maximum atomic E-state index is 6.20. The van der Waals surface area contributed by atoms with Crippen LogP contribution < -0.4 is 5.32 Å². The zero-order valence-corrected chi connectivity index (χ0v) is 13.2. The summed E-state index contributed by atoms with van der Waals surface area (Å²) in [6.45, 7) is 2.01. The lowest BCUT2D eigenvalue weighted by atomic mass is 10.1. The van der Waals surface area contributed by atoms with E-state index in [0.29, 0.717) is 0 Å². The number of fused-ring (bicyclic) bond motifs is 3. The van der Waals surface area contributed by atoms with Crippen LogP contribution in [0.5, 0.6) is 0 Å². The van der Waals surface area contributed by atoms with E-state index >= 15 is 0 Å². The summed E-state index contributed by atoms with van der Waals surface area (Å²) < 4.78 is 0. The molecule has 0 spiro atoms. The van der Waals surface area contributed by atoms with Gasteiger partial charge in [-0.1, -0.05) is 17.7 Å². The van der Waals surface area contributed by atoms with Crippen molar-refractivity contribution in [1.82, 2.24) is 9.97 Å². The van der Waals surface area contributed by atoms with Crippen molar-refractivity contribution in [2.75, 3.05) is 5.32 Å². The number of nitrogens with one attached hydrogen (secondary N) is 1. The standard InChI is InChI=1S/C16H14ClN3S/c1-9-11(17)5-3-6-12(9)20-15-14-10-4-2-7-13(10)21-16(14)19-8-18-15/h3,5-6,8H,2,4,7H2,1H3,(H,18,19,20). The molecule has 0 fully saturated rings. The number of aromatic nitrogens is 2. The number of hydrogen-bond donors (Lipinski definition) is 1. The van der Waals surface area contributed by atoms with Crippen LogP contribution in [0.1, 0.15) is 22.4 Å². The number of anilines is 2. The first-order valence-corrected chi connectivity index (χ1v) is 8.21. The second kappa shape index (κ2) is 4.97. The molecule has 106 valence electrons. The van der Waals surface area contributed by atoms with E-state index < -0.39 is 0 Å². The summed E-state index contributed by atoms with van der Waals surface area (Å²) in [4.78, 5) is 11.4. The Bertz CT molecular complexity index is 841. The summed E-state index contributed by atoms with van der Waals surface area (Å²) in [5.74, 6) is 0.893. The average molecular weight is 316 g/mol. The Morgan fingerprint density at radius 1 is 1.24 bits per heavy atom. The van der Waals surface area contributed by atoms with Gasteiger partial charge >= 0.3 is 0 Å². The number of thiophene rings is 1. The quantitative estimate of drug-likeness (QED) is 0.732. The van der Waals surface area contributed by atoms with Crippen LogP contribution in [0.2, 0.25) is 5.02 Å². The van der Waals surface area contributed by atoms with E-state index in [9.17, 15) is 0 Å². The summed E-state index contributed by atoms with van der Waals surface area (Å²) in [6, 6.07) is 5.88. The highest BCUT2D eigenvalue weighted by Crippen LogP contribution is 2.40. The molecule has 0 aliphatic heterocycles. The molecular weight excluding hydrogens is 302 g/mol. The van der Waals surface area contributed by atoms with Crippen molar-refractivity contribution in [3.63, 3.8) is 0 Å². The van der Waals surface area contributed by atoms with Crippen LogP contribution in [0.15, 0.2) is 24.5 Å². The first-order valence-electron chi connectivity index (χ1n) is 7.01. The number of rotatable bonds is 2. The molecule has 2 aromatic heterocycles. The van der Waals surface area contributed by atoms with Crippen molar-refractivity contribution >= 4 is 44.7 Å². The Labute approximate surface area is 132 Å². The molecule has 1 aliphatic rings. The van der Waals surface area contributed by atoms with Crippen molar-refractivity contribution in [1.29, 1.82) is 0 Å². The number of halogens is 1. The molecule has 0 radical (unpaired) electrons. The molecule has 5 heteroatoms. The average Bonchev–Trinajstić information content (AvgIpc) is 3.04. The fourth-order valence-electron chi connectivity index (χ4n) is 2.89. The molecule has 1 aliphatic carbocycles. The van der Waals surface area contributed by atoms with E-state index in [1.54, 1.807) is 17.7 Å². The minimum Gasteiger partial charge on any atom is -0.339 e. The van der Waals surface area contributed by atoms with Crippen molar-refractivity contribution in [2.45, 2.75) is 26.2 Å². The maximum Gasteiger partial charge on any atom is 0.142 e. The summed E-state index contributed by atoms with van der Waals surface area (Å²) in [6.07, 6.45) is 5.18. The van der Waals surface area contributed by atoms with Crippen LogP contribution in [0.3, 0.4) is 0 Å². The second-order valence-corrected chi connectivity index (χ2v) is 6.79. The van der Waals surface area contributed by atoms with Gasteiger partial charge in [0.25, 0.3) is 0 Å². The third-order valence-corrected chi connectivity index (χ3v) is 5.63. The monoisotopic (exact) mass is 315 g/mol. The number of aryl methyl sites for hydroxylation is 2. The zero-order valence-electron chi connectivity index (χ0n) is 11.6. The first kappa shape index (κ1) is 13.0. The Kier molecular flexibility index (Phi) is 3.08. The fraction of sp³-hybridized carbons (Fsp3) is 0.250. The Morgan fingerprint density at radius 3 is 3.05 bits per heavy atom. The van der Waals surface area contributed by atoms with Gasteiger partial charge < -0.3 is 5.32 Å². The lowest BCUT2D eigenvalue weighted by Gasteiger charge is -2.11. The van der Waals surface area contributed by atoms with Gasteiger partial charge in [-0.05, 0) is 49.4 Å². The van der Waals surface area contributed by atoms with Crippen molar-refractivity contribution in [3.8, 4) is 0 Å². The van der Waals surface area contributed by atoms with Crippen LogP contribution >= 0.6 is 22.9 Å². The summed E-state index contributed by atoms with van der Waals surface area (Å²) in [7, 11) is 0. The first-order chi connectivity index (χ1) is 10.2. The van der Waals surface area contributed by atoms with Gasteiger partial charge in [0.2, 0.25) is 0 Å². The van der Waals surface area contributed by atoms with E-state index in [0.717, 1.165) is 33.3 Å². The van der Waals surface area contributed by atoms with Gasteiger partial charge in [0.15, 0.2) is 0 Å². The predicted molar refractivity (Wildman–Crippen MR) is 88.9 cm³/mol. The molecule has 4 rings (SSSR count). The molecular formula is C16H14ClN3S. The van der Waals surface area contributed by atoms with Crippen molar-refractivity contribution in [3.05, 3.63) is 45.6 Å². The van der Waals surface area contributed by atoms with Crippen LogP contribution in [-0.2, 0) is 12.8 Å². The molecule has 3 nitrogen and oxygen atoms in total. The maximum absolute atomic E-state index is 6.20. The van der Waals surface area contributed by atoms with E-state index in [4.69, 9.17) is 11.6 Å². The molecule has 1 N–H and O–H groups in total. The van der Waals surface area contributed by atoms with Gasteiger partial charge in [0.05, 0.1) is 5.39 Å². The highest BCUT2D eigenvalue weighted by molar-refractivity contribution is 7.19. The van der Waals surface area contributed by atoms with Crippen LogP contribution in [-0.4, -0.2) is 9.97 Å². The van der Waals surface area contributed by atoms with E-state index in [2.05, 4.69) is 15.3 Å². The van der Waals surface area contributed by atoms with E-state index in [1.807, 2.05) is 25.1 Å². The van der Waals surface area contributed by atoms with Gasteiger partial charge in [-0.3, -0.25) is 0 Å². The largest absolute Gasteiger partial charge is 0.339 e. The van der Waals surface area contributed by atoms with E-state index in [1.165, 1.54) is 28.7 Å². The molecule has 1 aromatic carbocycles. The Morgan fingerprint density at radius 2 is 2.14 bits per heavy atom. The minimum absolute atomic E-state index is 0.765. The second-order valence-electron chi connectivity index (χ2n) is 5.30. The molecule has 0 saturated carbocycles. The lowest BCUT2D eigenvalue weighted by Crippen LogP contribution is -1.98. The minimum atomic E-state index is 0.765. The van der Waals surface area contributed by atoms with Gasteiger partial charge in [0, 0.05) is 15.6 Å². The molecule has 0 saturated heterocycles. The fourth-order valence-corrected chi connectivity index (χ4v) is 4.30. The van der Waals surface area contributed by atoms with Crippen LogP contribution in [0.25, 0.3) is 10.2 Å². The Balaban J connectivity index is 1.85. The molecule has 3 aromatic rings. The number of hydrogen-bond acceptors (Lipinski definition) is 4. The third kappa shape index (κ3) is 2.10. The zero-order chi connectivity index (χ0) is 14.4. The van der Waals surface area contributed by atoms with Crippen molar-refractivity contribution < 1.29 is 0 Å². The van der Waals surface area contributed by atoms with Crippen molar-refractivity contribution in [2.24, 2.45) is 0 Å². The summed E-state index contributed by atoms with van der Waals surface area (Å²) >= 11 is 8.00. The highest BCUT2D eigenvalue weighted by Gasteiger charge is 2.21. The summed E-state index contributed by atoms with van der Waals surface area (Å²) in [5, 5.41) is 5.40. The SMILES string of the molecule is Cc1c(Cl)cccc1Nc1ncnc2sc3c(c12)CCC3. The van der Waals surface area contributed by atoms with Gasteiger partial charge in [-0.2, -0.15) is 0 Å². The van der Waals surface area contributed by atoms with Gasteiger partial charge in [-0.25, -0.2) is 9.97 Å². The van der Waals surface area contributed by atoms with Gasteiger partial charge in [0.1, 0.15) is 17.0 Å². The molecule has 0 atom stereocenters. The molecule has 0 bridgehead atoms. The van der Waals surface area contributed by atoms with Gasteiger partial charge in [-0.15, -0.1) is 11.3 Å². The van der Waals surface area contributed by atoms with Crippen LogP contribution in [0.4, 0.5) is 11.5 Å². The Hall–Kier alpha value is -1.65. The normalized spacial score (nSPS) is 13.6. The van der Waals surface area contributed by atoms with E-state index in [-0.39, 0.29) is 0 Å². The molecule has 0 amide bonds. The highest BCUT2D eigenvalue weighted by atomic mass is 35.5. The molecule has 21 heavy (non-hydrogen) atoms. The smallest absolute Gasteiger partial charge is 0.142 e.